The van der Waals surface area contributed by atoms with Crippen LogP contribution in [0, 0.1) is 12.8 Å². The lowest BCUT2D eigenvalue weighted by molar-refractivity contribution is 0.354. The van der Waals surface area contributed by atoms with E-state index in [1.165, 1.54) is 5.56 Å². The molecule has 0 aliphatic carbocycles. The third kappa shape index (κ3) is 2.34. The fourth-order valence-corrected chi connectivity index (χ4v) is 3.33. The molecule has 0 radical (unpaired) electrons. The van der Waals surface area contributed by atoms with E-state index >= 15 is 0 Å². The van der Waals surface area contributed by atoms with Crippen LogP contribution in [0.25, 0.3) is 21.9 Å². The van der Waals surface area contributed by atoms with Crippen molar-refractivity contribution >= 4 is 27.6 Å². The lowest BCUT2D eigenvalue weighted by atomic mass is 10.1. The minimum absolute atomic E-state index is 0.647. The zero-order chi connectivity index (χ0) is 16.0. The van der Waals surface area contributed by atoms with E-state index in [1.807, 2.05) is 12.3 Å². The van der Waals surface area contributed by atoms with Gasteiger partial charge in [-0.1, -0.05) is 26.0 Å². The van der Waals surface area contributed by atoms with Crippen LogP contribution in [0.15, 0.2) is 47.4 Å². The molecule has 4 heteroatoms. The molecule has 1 aromatic carbocycles. The van der Waals surface area contributed by atoms with E-state index in [1.54, 1.807) is 6.20 Å². The number of rotatable bonds is 3. The van der Waals surface area contributed by atoms with Crippen molar-refractivity contribution in [2.75, 3.05) is 18.1 Å². The molecule has 0 bridgehead atoms. The third-order valence-corrected chi connectivity index (χ3v) is 4.30. The highest BCUT2D eigenvalue weighted by atomic mass is 16.3. The Labute approximate surface area is 136 Å². The molecule has 3 heterocycles. The highest BCUT2D eigenvalue weighted by Gasteiger charge is 2.21. The van der Waals surface area contributed by atoms with Crippen molar-refractivity contribution < 1.29 is 4.42 Å². The molecule has 118 valence electrons. The summed E-state index contributed by atoms with van der Waals surface area (Å²) in [7, 11) is 0. The molecule has 0 N–H and O–H groups in total. The SMILES string of the molecule is Cc1ccc2c(oc3cnccc32)c1N1C=CN(CC(C)C)C1. The first kappa shape index (κ1) is 14.1. The highest BCUT2D eigenvalue weighted by molar-refractivity contribution is 6.09. The van der Waals surface area contributed by atoms with Crippen LogP contribution >= 0.6 is 0 Å². The number of nitrogens with zero attached hydrogens (tertiary/aromatic N) is 3. The summed E-state index contributed by atoms with van der Waals surface area (Å²) in [6.45, 7) is 8.56. The summed E-state index contributed by atoms with van der Waals surface area (Å²) in [5.41, 5.74) is 4.17. The van der Waals surface area contributed by atoms with Gasteiger partial charge in [-0.25, -0.2) is 0 Å². The summed E-state index contributed by atoms with van der Waals surface area (Å²) in [4.78, 5) is 8.79. The number of anilines is 1. The van der Waals surface area contributed by atoms with Gasteiger partial charge in [-0.05, 0) is 24.5 Å². The van der Waals surface area contributed by atoms with Crippen molar-refractivity contribution in [3.63, 3.8) is 0 Å². The van der Waals surface area contributed by atoms with Crippen molar-refractivity contribution in [1.29, 1.82) is 0 Å². The second-order valence-electron chi connectivity index (χ2n) is 6.66. The Hall–Kier alpha value is -2.49. The average Bonchev–Trinajstić information content (AvgIpc) is 3.10. The van der Waals surface area contributed by atoms with E-state index in [0.29, 0.717) is 5.92 Å². The normalized spacial score (nSPS) is 14.8. The molecule has 0 spiro atoms. The summed E-state index contributed by atoms with van der Waals surface area (Å²) in [5.74, 6) is 0.647. The Morgan fingerprint density at radius 3 is 2.87 bits per heavy atom. The van der Waals surface area contributed by atoms with Crippen LogP contribution in [0.5, 0.6) is 0 Å². The second-order valence-corrected chi connectivity index (χ2v) is 6.66. The first-order valence-corrected chi connectivity index (χ1v) is 8.08. The van der Waals surface area contributed by atoms with Crippen molar-refractivity contribution in [1.82, 2.24) is 9.88 Å². The van der Waals surface area contributed by atoms with Crippen LogP contribution in [-0.2, 0) is 0 Å². The van der Waals surface area contributed by atoms with Crippen molar-refractivity contribution in [2.45, 2.75) is 20.8 Å². The lowest BCUT2D eigenvalue weighted by Gasteiger charge is -2.24. The van der Waals surface area contributed by atoms with Gasteiger partial charge in [-0.2, -0.15) is 0 Å². The number of furan rings is 1. The molecule has 4 rings (SSSR count). The van der Waals surface area contributed by atoms with Crippen molar-refractivity contribution in [3.05, 3.63) is 48.6 Å². The van der Waals surface area contributed by atoms with Gasteiger partial charge in [-0.3, -0.25) is 4.98 Å². The standard InChI is InChI=1S/C19H21N3O/c1-13(2)11-21-8-9-22(12-21)18-14(3)4-5-16-15-6-7-20-10-17(15)23-19(16)18/h4-10,13H,11-12H2,1-3H3. The van der Waals surface area contributed by atoms with Gasteiger partial charge < -0.3 is 14.2 Å². The minimum atomic E-state index is 0.647. The fourth-order valence-electron chi connectivity index (χ4n) is 3.33. The number of pyridine rings is 1. The smallest absolute Gasteiger partial charge is 0.159 e. The summed E-state index contributed by atoms with van der Waals surface area (Å²) < 4.78 is 6.14. The molecule has 1 aliphatic rings. The van der Waals surface area contributed by atoms with Gasteiger partial charge in [-0.15, -0.1) is 0 Å². The van der Waals surface area contributed by atoms with Crippen molar-refractivity contribution in [3.8, 4) is 0 Å². The van der Waals surface area contributed by atoms with Gasteiger partial charge >= 0.3 is 0 Å². The van der Waals surface area contributed by atoms with Crippen molar-refractivity contribution in [2.24, 2.45) is 5.92 Å². The molecule has 2 aromatic heterocycles. The number of hydrogen-bond donors (Lipinski definition) is 0. The zero-order valence-corrected chi connectivity index (χ0v) is 13.8. The minimum Gasteiger partial charge on any atom is -0.452 e. The largest absolute Gasteiger partial charge is 0.452 e. The van der Waals surface area contributed by atoms with Crippen LogP contribution in [-0.4, -0.2) is 23.1 Å². The monoisotopic (exact) mass is 307 g/mol. The topological polar surface area (TPSA) is 32.5 Å². The van der Waals surface area contributed by atoms with E-state index in [4.69, 9.17) is 4.42 Å². The number of benzene rings is 1. The van der Waals surface area contributed by atoms with E-state index in [2.05, 4.69) is 60.1 Å². The van der Waals surface area contributed by atoms with Crippen LogP contribution in [0.4, 0.5) is 5.69 Å². The van der Waals surface area contributed by atoms with E-state index in [-0.39, 0.29) is 0 Å². The molecule has 1 aliphatic heterocycles. The Morgan fingerprint density at radius 1 is 1.17 bits per heavy atom. The molecular formula is C19H21N3O. The maximum absolute atomic E-state index is 6.14. The Bertz CT molecular complexity index is 894. The highest BCUT2D eigenvalue weighted by Crippen LogP contribution is 2.38. The number of fused-ring (bicyclic) bond motifs is 3. The van der Waals surface area contributed by atoms with E-state index in [0.717, 1.165) is 40.8 Å². The van der Waals surface area contributed by atoms with Crippen LogP contribution in [0.2, 0.25) is 0 Å². The van der Waals surface area contributed by atoms with Gasteiger partial charge in [0.15, 0.2) is 11.2 Å². The van der Waals surface area contributed by atoms with Crippen LogP contribution < -0.4 is 4.90 Å². The molecule has 0 fully saturated rings. The molecule has 0 saturated carbocycles. The molecule has 0 atom stereocenters. The van der Waals surface area contributed by atoms with E-state index in [9.17, 15) is 0 Å². The molecule has 23 heavy (non-hydrogen) atoms. The third-order valence-electron chi connectivity index (χ3n) is 4.30. The van der Waals surface area contributed by atoms with E-state index < -0.39 is 0 Å². The first-order valence-electron chi connectivity index (χ1n) is 8.08. The van der Waals surface area contributed by atoms with Gasteiger partial charge in [0.1, 0.15) is 0 Å². The van der Waals surface area contributed by atoms with Gasteiger partial charge in [0.05, 0.1) is 18.6 Å². The Morgan fingerprint density at radius 2 is 2.04 bits per heavy atom. The summed E-state index contributed by atoms with van der Waals surface area (Å²) in [6, 6.07) is 6.34. The molecule has 4 nitrogen and oxygen atoms in total. The maximum atomic E-state index is 6.14. The fraction of sp³-hybridized carbons (Fsp3) is 0.316. The zero-order valence-electron chi connectivity index (χ0n) is 13.8. The number of aromatic nitrogens is 1. The Kier molecular flexibility index (Phi) is 3.26. The van der Waals surface area contributed by atoms with Gasteiger partial charge in [0, 0.05) is 35.9 Å². The molecule has 3 aromatic rings. The molecular weight excluding hydrogens is 286 g/mol. The average molecular weight is 307 g/mol. The molecule has 0 unspecified atom stereocenters. The summed E-state index contributed by atoms with van der Waals surface area (Å²) >= 11 is 0. The number of aryl methyl sites for hydroxylation is 1. The van der Waals surface area contributed by atoms with Gasteiger partial charge in [0.25, 0.3) is 0 Å². The number of hydrogen-bond acceptors (Lipinski definition) is 4. The van der Waals surface area contributed by atoms with Crippen LogP contribution in [0.1, 0.15) is 19.4 Å². The summed E-state index contributed by atoms with van der Waals surface area (Å²) in [6.07, 6.45) is 7.92. The first-order chi connectivity index (χ1) is 11.1. The van der Waals surface area contributed by atoms with Crippen LogP contribution in [0.3, 0.4) is 0 Å². The molecule has 0 amide bonds. The van der Waals surface area contributed by atoms with Gasteiger partial charge in [0.2, 0.25) is 0 Å². The lowest BCUT2D eigenvalue weighted by Crippen LogP contribution is -2.28. The second kappa shape index (κ2) is 5.30. The summed E-state index contributed by atoms with van der Waals surface area (Å²) in [5, 5.41) is 2.28. The quantitative estimate of drug-likeness (QED) is 0.713. The Balaban J connectivity index is 1.81. The predicted octanol–water partition coefficient (Wildman–Crippen LogP) is 4.50. The maximum Gasteiger partial charge on any atom is 0.159 e. The molecule has 0 saturated heterocycles. The predicted molar refractivity (Wildman–Crippen MR) is 94.3 cm³/mol.